The summed E-state index contributed by atoms with van der Waals surface area (Å²) in [6.45, 7) is 6.23. The van der Waals surface area contributed by atoms with Gasteiger partial charge in [-0.1, -0.05) is 44.7 Å². The quantitative estimate of drug-likeness (QED) is 0.404. The molecule has 1 fully saturated rings. The van der Waals surface area contributed by atoms with E-state index >= 15 is 0 Å². The zero-order valence-corrected chi connectivity index (χ0v) is 18.5. The number of unbranched alkanes of at least 4 members (excludes halogenated alkanes) is 4. The Bertz CT molecular complexity index is 732. The Kier molecular flexibility index (Phi) is 9.00. The molecule has 0 N–H and O–H groups in total. The fraction of sp³-hybridized carbons (Fsp3) is 0.538. The van der Waals surface area contributed by atoms with Gasteiger partial charge in [-0.2, -0.15) is 0 Å². The lowest BCUT2D eigenvalue weighted by molar-refractivity contribution is 0.109. The van der Waals surface area contributed by atoms with E-state index in [0.29, 0.717) is 18.4 Å². The summed E-state index contributed by atoms with van der Waals surface area (Å²) < 4.78 is 24.8. The summed E-state index contributed by atoms with van der Waals surface area (Å²) in [4.78, 5) is 2.59. The van der Waals surface area contributed by atoms with E-state index < -0.39 is 0 Å². The van der Waals surface area contributed by atoms with Crippen molar-refractivity contribution >= 4 is 0 Å². The molecule has 0 unspecified atom stereocenters. The standard InChI is InChI=1S/C26H36FNO2/c1-3-4-5-6-7-17-28-18-16-26(21-8-10-23(27)11-9-21)22(19-28)20-30-25-14-12-24(29-2)13-15-25/h8-15,22,26H,3-7,16-20H2,1-2H3/t22-,26-/m0/s1. The van der Waals surface area contributed by atoms with Crippen LogP contribution in [0.15, 0.2) is 48.5 Å². The van der Waals surface area contributed by atoms with Crippen LogP contribution in [-0.2, 0) is 0 Å². The summed E-state index contributed by atoms with van der Waals surface area (Å²) in [6.07, 6.45) is 7.65. The zero-order chi connectivity index (χ0) is 21.2. The minimum absolute atomic E-state index is 0.172. The molecule has 1 heterocycles. The molecule has 0 spiro atoms. The monoisotopic (exact) mass is 413 g/mol. The molecule has 4 heteroatoms. The summed E-state index contributed by atoms with van der Waals surface area (Å²) in [7, 11) is 1.67. The predicted molar refractivity (Wildman–Crippen MR) is 121 cm³/mol. The van der Waals surface area contributed by atoms with Crippen LogP contribution in [0.3, 0.4) is 0 Å². The first-order valence-corrected chi connectivity index (χ1v) is 11.4. The van der Waals surface area contributed by atoms with Gasteiger partial charge in [0.05, 0.1) is 13.7 Å². The second-order valence-corrected chi connectivity index (χ2v) is 8.41. The molecule has 0 aliphatic carbocycles. The van der Waals surface area contributed by atoms with E-state index in [9.17, 15) is 4.39 Å². The van der Waals surface area contributed by atoms with Gasteiger partial charge in [-0.3, -0.25) is 0 Å². The Morgan fingerprint density at radius 1 is 0.933 bits per heavy atom. The van der Waals surface area contributed by atoms with Crippen molar-refractivity contribution in [1.82, 2.24) is 4.90 Å². The Labute approximate surface area is 181 Å². The summed E-state index contributed by atoms with van der Waals surface area (Å²) in [5, 5.41) is 0. The van der Waals surface area contributed by atoms with Gasteiger partial charge in [-0.05, 0) is 73.8 Å². The van der Waals surface area contributed by atoms with E-state index in [0.717, 1.165) is 31.0 Å². The molecule has 0 radical (unpaired) electrons. The Hall–Kier alpha value is -2.07. The number of likely N-dealkylation sites (tertiary alicyclic amines) is 1. The van der Waals surface area contributed by atoms with Crippen LogP contribution in [0.4, 0.5) is 4.39 Å². The Morgan fingerprint density at radius 3 is 2.33 bits per heavy atom. The first kappa shape index (κ1) is 22.6. The molecule has 0 amide bonds. The third kappa shape index (κ3) is 6.73. The van der Waals surface area contributed by atoms with Crippen molar-refractivity contribution in [3.05, 3.63) is 59.9 Å². The maximum atomic E-state index is 13.4. The summed E-state index contributed by atoms with van der Waals surface area (Å²) in [5.74, 6) is 2.32. The molecule has 1 aliphatic heterocycles. The smallest absolute Gasteiger partial charge is 0.123 e. The highest BCUT2D eigenvalue weighted by Crippen LogP contribution is 2.34. The zero-order valence-electron chi connectivity index (χ0n) is 18.5. The number of hydrogen-bond donors (Lipinski definition) is 0. The number of ether oxygens (including phenoxy) is 2. The van der Waals surface area contributed by atoms with E-state index in [1.54, 1.807) is 19.2 Å². The van der Waals surface area contributed by atoms with Gasteiger partial charge in [0.25, 0.3) is 0 Å². The van der Waals surface area contributed by atoms with Crippen LogP contribution in [-0.4, -0.2) is 38.3 Å². The molecule has 3 rings (SSSR count). The molecule has 1 saturated heterocycles. The minimum Gasteiger partial charge on any atom is -0.497 e. The lowest BCUT2D eigenvalue weighted by Crippen LogP contribution is -2.42. The lowest BCUT2D eigenvalue weighted by Gasteiger charge is -2.39. The highest BCUT2D eigenvalue weighted by atomic mass is 19.1. The van der Waals surface area contributed by atoms with Crippen LogP contribution in [0.5, 0.6) is 11.5 Å². The van der Waals surface area contributed by atoms with Gasteiger partial charge in [0.15, 0.2) is 0 Å². The summed E-state index contributed by atoms with van der Waals surface area (Å²) in [6, 6.07) is 14.8. The van der Waals surface area contributed by atoms with Crippen LogP contribution in [0.1, 0.15) is 56.9 Å². The van der Waals surface area contributed by atoms with Crippen LogP contribution < -0.4 is 9.47 Å². The van der Waals surface area contributed by atoms with Crippen molar-refractivity contribution < 1.29 is 13.9 Å². The molecule has 1 aliphatic rings. The van der Waals surface area contributed by atoms with E-state index in [1.807, 2.05) is 36.4 Å². The van der Waals surface area contributed by atoms with Gasteiger partial charge in [0.2, 0.25) is 0 Å². The van der Waals surface area contributed by atoms with Crippen LogP contribution in [0, 0.1) is 11.7 Å². The van der Waals surface area contributed by atoms with Crippen molar-refractivity contribution in [2.45, 2.75) is 51.4 Å². The van der Waals surface area contributed by atoms with Crippen molar-refractivity contribution in [3.63, 3.8) is 0 Å². The number of halogens is 1. The molecule has 2 aromatic carbocycles. The first-order valence-electron chi connectivity index (χ1n) is 11.4. The van der Waals surface area contributed by atoms with Crippen molar-refractivity contribution in [1.29, 1.82) is 0 Å². The maximum absolute atomic E-state index is 13.4. The lowest BCUT2D eigenvalue weighted by atomic mass is 9.80. The molecule has 2 aromatic rings. The number of rotatable bonds is 11. The van der Waals surface area contributed by atoms with E-state index in [2.05, 4.69) is 11.8 Å². The van der Waals surface area contributed by atoms with E-state index in [4.69, 9.17) is 9.47 Å². The number of nitrogens with zero attached hydrogens (tertiary/aromatic N) is 1. The second kappa shape index (κ2) is 11.9. The molecule has 3 nitrogen and oxygen atoms in total. The number of piperidine rings is 1. The fourth-order valence-corrected chi connectivity index (χ4v) is 4.44. The summed E-state index contributed by atoms with van der Waals surface area (Å²) >= 11 is 0. The third-order valence-corrected chi connectivity index (χ3v) is 6.22. The molecule has 30 heavy (non-hydrogen) atoms. The number of benzene rings is 2. The second-order valence-electron chi connectivity index (χ2n) is 8.41. The average Bonchev–Trinajstić information content (AvgIpc) is 2.78. The highest BCUT2D eigenvalue weighted by molar-refractivity contribution is 5.31. The van der Waals surface area contributed by atoms with Crippen molar-refractivity contribution in [2.24, 2.45) is 5.92 Å². The first-order chi connectivity index (χ1) is 14.7. The predicted octanol–water partition coefficient (Wildman–Crippen LogP) is 6.29. The molecular formula is C26H36FNO2. The van der Waals surface area contributed by atoms with E-state index in [-0.39, 0.29) is 5.82 Å². The number of hydrogen-bond acceptors (Lipinski definition) is 3. The molecular weight excluding hydrogens is 377 g/mol. The Morgan fingerprint density at radius 2 is 1.63 bits per heavy atom. The van der Waals surface area contributed by atoms with Crippen LogP contribution in [0.25, 0.3) is 0 Å². The topological polar surface area (TPSA) is 21.7 Å². The minimum atomic E-state index is -0.172. The van der Waals surface area contributed by atoms with Gasteiger partial charge in [-0.25, -0.2) is 4.39 Å². The van der Waals surface area contributed by atoms with Crippen molar-refractivity contribution in [3.8, 4) is 11.5 Å². The largest absolute Gasteiger partial charge is 0.497 e. The SMILES string of the molecule is CCCCCCCN1CC[C@@H](c2ccc(F)cc2)[C@H](COc2ccc(OC)cc2)C1. The Balaban J connectivity index is 1.61. The number of methoxy groups -OCH3 is 1. The molecule has 0 saturated carbocycles. The summed E-state index contributed by atoms with van der Waals surface area (Å²) in [5.41, 5.74) is 1.22. The van der Waals surface area contributed by atoms with Crippen LogP contribution in [0.2, 0.25) is 0 Å². The third-order valence-electron chi connectivity index (χ3n) is 6.22. The molecule has 0 aromatic heterocycles. The van der Waals surface area contributed by atoms with Gasteiger partial charge in [0.1, 0.15) is 17.3 Å². The molecule has 164 valence electrons. The van der Waals surface area contributed by atoms with Crippen LogP contribution >= 0.6 is 0 Å². The fourth-order valence-electron chi connectivity index (χ4n) is 4.44. The van der Waals surface area contributed by atoms with Crippen molar-refractivity contribution in [2.75, 3.05) is 33.4 Å². The molecule has 0 bridgehead atoms. The normalized spacial score (nSPS) is 19.6. The van der Waals surface area contributed by atoms with Gasteiger partial charge in [-0.15, -0.1) is 0 Å². The van der Waals surface area contributed by atoms with Gasteiger partial charge >= 0.3 is 0 Å². The van der Waals surface area contributed by atoms with Gasteiger partial charge in [0, 0.05) is 12.5 Å². The average molecular weight is 414 g/mol. The molecule has 2 atom stereocenters. The highest BCUT2D eigenvalue weighted by Gasteiger charge is 2.30. The van der Waals surface area contributed by atoms with E-state index in [1.165, 1.54) is 44.2 Å². The van der Waals surface area contributed by atoms with Gasteiger partial charge < -0.3 is 14.4 Å². The maximum Gasteiger partial charge on any atom is 0.123 e.